The number of methoxy groups -OCH3 is 1. The molecule has 110 valence electrons. The average Bonchev–Trinajstić information content (AvgIpc) is 3.08. The van der Waals surface area contributed by atoms with Gasteiger partial charge in [-0.3, -0.25) is 9.63 Å². The SMILES string of the molecule is COc1cc2sc(C(=O)N(C)OC)cc2c2ccn(C)c12. The predicted molar refractivity (Wildman–Crippen MR) is 84.0 cm³/mol. The van der Waals surface area contributed by atoms with Gasteiger partial charge in [0.2, 0.25) is 0 Å². The first kappa shape index (κ1) is 13.9. The second-order valence-electron chi connectivity index (χ2n) is 4.78. The third kappa shape index (κ3) is 2.07. The topological polar surface area (TPSA) is 43.7 Å². The van der Waals surface area contributed by atoms with Crippen LogP contribution in [0.25, 0.3) is 21.0 Å². The van der Waals surface area contributed by atoms with E-state index in [0.29, 0.717) is 4.88 Å². The third-order valence-electron chi connectivity index (χ3n) is 3.61. The highest BCUT2D eigenvalue weighted by atomic mass is 32.1. The number of ether oxygens (including phenoxy) is 1. The van der Waals surface area contributed by atoms with E-state index in [9.17, 15) is 4.79 Å². The molecule has 2 aromatic heterocycles. The van der Waals surface area contributed by atoms with Crippen molar-refractivity contribution < 1.29 is 14.4 Å². The van der Waals surface area contributed by atoms with Gasteiger partial charge in [-0.2, -0.15) is 0 Å². The van der Waals surface area contributed by atoms with Gasteiger partial charge < -0.3 is 9.30 Å². The number of amides is 1. The molecule has 21 heavy (non-hydrogen) atoms. The van der Waals surface area contributed by atoms with Crippen molar-refractivity contribution in [3.05, 3.63) is 29.3 Å². The number of nitrogens with zero attached hydrogens (tertiary/aromatic N) is 2. The largest absolute Gasteiger partial charge is 0.494 e. The molecule has 0 saturated carbocycles. The molecule has 3 aromatic rings. The molecule has 1 amide bonds. The molecule has 0 bridgehead atoms. The number of aryl methyl sites for hydroxylation is 1. The Bertz CT molecular complexity index is 834. The lowest BCUT2D eigenvalue weighted by molar-refractivity contribution is -0.0753. The molecular formula is C15H16N2O3S. The zero-order valence-corrected chi connectivity index (χ0v) is 13.2. The molecule has 2 heterocycles. The van der Waals surface area contributed by atoms with Crippen LogP contribution < -0.4 is 4.74 Å². The van der Waals surface area contributed by atoms with Crippen LogP contribution in [0.5, 0.6) is 5.75 Å². The minimum Gasteiger partial charge on any atom is -0.494 e. The van der Waals surface area contributed by atoms with E-state index in [1.54, 1.807) is 14.2 Å². The molecular weight excluding hydrogens is 288 g/mol. The maximum Gasteiger partial charge on any atom is 0.287 e. The first-order valence-electron chi connectivity index (χ1n) is 6.44. The summed E-state index contributed by atoms with van der Waals surface area (Å²) in [7, 11) is 6.72. The summed E-state index contributed by atoms with van der Waals surface area (Å²) in [6, 6.07) is 5.94. The minimum absolute atomic E-state index is 0.151. The van der Waals surface area contributed by atoms with E-state index in [1.807, 2.05) is 36.0 Å². The molecule has 0 fully saturated rings. The van der Waals surface area contributed by atoms with E-state index in [2.05, 4.69) is 0 Å². The fourth-order valence-electron chi connectivity index (χ4n) is 2.46. The lowest BCUT2D eigenvalue weighted by Crippen LogP contribution is -2.24. The maximum absolute atomic E-state index is 12.2. The summed E-state index contributed by atoms with van der Waals surface area (Å²) < 4.78 is 8.53. The number of thiophene rings is 1. The van der Waals surface area contributed by atoms with Gasteiger partial charge in [-0.05, 0) is 12.1 Å². The molecule has 1 aromatic carbocycles. The first-order valence-corrected chi connectivity index (χ1v) is 7.26. The van der Waals surface area contributed by atoms with Crippen LogP contribution in [0.2, 0.25) is 0 Å². The number of benzene rings is 1. The van der Waals surface area contributed by atoms with Gasteiger partial charge in [0, 0.05) is 41.8 Å². The van der Waals surface area contributed by atoms with Crippen LogP contribution >= 0.6 is 11.3 Å². The Kier molecular flexibility index (Phi) is 3.35. The van der Waals surface area contributed by atoms with Crippen molar-refractivity contribution in [1.82, 2.24) is 9.63 Å². The number of aromatic nitrogens is 1. The van der Waals surface area contributed by atoms with Gasteiger partial charge in [0.05, 0.1) is 24.6 Å². The van der Waals surface area contributed by atoms with E-state index in [1.165, 1.54) is 23.5 Å². The lowest BCUT2D eigenvalue weighted by atomic mass is 10.1. The van der Waals surface area contributed by atoms with E-state index >= 15 is 0 Å². The average molecular weight is 304 g/mol. The molecule has 0 radical (unpaired) electrons. The second-order valence-corrected chi connectivity index (χ2v) is 5.86. The Labute approximate surface area is 126 Å². The first-order chi connectivity index (χ1) is 10.1. The molecule has 0 aliphatic carbocycles. The van der Waals surface area contributed by atoms with Crippen LogP contribution in [0.4, 0.5) is 0 Å². The van der Waals surface area contributed by atoms with Gasteiger partial charge in [-0.15, -0.1) is 11.3 Å². The highest BCUT2D eigenvalue weighted by molar-refractivity contribution is 7.21. The summed E-state index contributed by atoms with van der Waals surface area (Å²) in [6.45, 7) is 0. The number of fused-ring (bicyclic) bond motifs is 3. The summed E-state index contributed by atoms with van der Waals surface area (Å²) in [5.41, 5.74) is 1.03. The van der Waals surface area contributed by atoms with Crippen molar-refractivity contribution in [2.45, 2.75) is 0 Å². The molecule has 5 nitrogen and oxygen atoms in total. The van der Waals surface area contributed by atoms with E-state index in [4.69, 9.17) is 9.57 Å². The molecule has 0 aliphatic heterocycles. The van der Waals surface area contributed by atoms with Gasteiger partial charge in [-0.25, -0.2) is 5.06 Å². The van der Waals surface area contributed by atoms with Crippen LogP contribution in [-0.2, 0) is 11.9 Å². The Hall–Kier alpha value is -2.05. The molecule has 0 aliphatic rings. The van der Waals surface area contributed by atoms with Crippen LogP contribution in [0, 0.1) is 0 Å². The van der Waals surface area contributed by atoms with Crippen LogP contribution in [0.3, 0.4) is 0 Å². The van der Waals surface area contributed by atoms with Crippen molar-refractivity contribution in [3.8, 4) is 5.75 Å². The maximum atomic E-state index is 12.2. The van der Waals surface area contributed by atoms with Crippen molar-refractivity contribution in [3.63, 3.8) is 0 Å². The highest BCUT2D eigenvalue weighted by Gasteiger charge is 2.18. The minimum atomic E-state index is -0.151. The van der Waals surface area contributed by atoms with Gasteiger partial charge in [0.1, 0.15) is 5.75 Å². The Morgan fingerprint density at radius 1 is 1.29 bits per heavy atom. The number of carbonyl (C=O) groups excluding carboxylic acids is 1. The monoisotopic (exact) mass is 304 g/mol. The van der Waals surface area contributed by atoms with Crippen LogP contribution in [-0.4, -0.2) is 36.8 Å². The van der Waals surface area contributed by atoms with E-state index in [0.717, 1.165) is 26.7 Å². The fraction of sp³-hybridized carbons (Fsp3) is 0.267. The highest BCUT2D eigenvalue weighted by Crippen LogP contribution is 2.38. The molecule has 0 N–H and O–H groups in total. The quantitative estimate of drug-likeness (QED) is 0.699. The molecule has 0 unspecified atom stereocenters. The summed E-state index contributed by atoms with van der Waals surface area (Å²) in [6.07, 6.45) is 1.99. The second kappa shape index (κ2) is 5.05. The number of rotatable bonds is 3. The summed E-state index contributed by atoms with van der Waals surface area (Å²) in [4.78, 5) is 17.8. The Morgan fingerprint density at radius 2 is 2.05 bits per heavy atom. The van der Waals surface area contributed by atoms with Crippen molar-refractivity contribution in [2.75, 3.05) is 21.3 Å². The summed E-state index contributed by atoms with van der Waals surface area (Å²) in [5.74, 6) is 0.660. The summed E-state index contributed by atoms with van der Waals surface area (Å²) >= 11 is 1.44. The van der Waals surface area contributed by atoms with E-state index in [-0.39, 0.29) is 5.91 Å². The fourth-order valence-corrected chi connectivity index (χ4v) is 3.54. The van der Waals surface area contributed by atoms with E-state index < -0.39 is 0 Å². The molecule has 0 atom stereocenters. The zero-order chi connectivity index (χ0) is 15.1. The number of carbonyl (C=O) groups is 1. The number of hydroxylamine groups is 2. The predicted octanol–water partition coefficient (Wildman–Crippen LogP) is 3.04. The molecule has 0 saturated heterocycles. The van der Waals surface area contributed by atoms with Crippen LogP contribution in [0.1, 0.15) is 9.67 Å². The zero-order valence-electron chi connectivity index (χ0n) is 12.3. The normalized spacial score (nSPS) is 11.2. The number of hydrogen-bond donors (Lipinski definition) is 0. The van der Waals surface area contributed by atoms with Crippen LogP contribution in [0.15, 0.2) is 24.4 Å². The Morgan fingerprint density at radius 3 is 2.71 bits per heavy atom. The standard InChI is InChI=1S/C15H16N2O3S/c1-16-6-5-9-10-7-13(15(18)17(2)20-4)21-12(10)8-11(19-3)14(9)16/h5-8H,1-4H3. The van der Waals surface area contributed by atoms with Crippen molar-refractivity contribution >= 4 is 38.2 Å². The van der Waals surface area contributed by atoms with Gasteiger partial charge in [0.15, 0.2) is 0 Å². The lowest BCUT2D eigenvalue weighted by Gasteiger charge is -2.11. The smallest absolute Gasteiger partial charge is 0.287 e. The van der Waals surface area contributed by atoms with Gasteiger partial charge in [0.25, 0.3) is 5.91 Å². The molecule has 6 heteroatoms. The van der Waals surface area contributed by atoms with Gasteiger partial charge >= 0.3 is 0 Å². The molecule has 3 rings (SSSR count). The van der Waals surface area contributed by atoms with Crippen molar-refractivity contribution in [2.24, 2.45) is 7.05 Å². The third-order valence-corrected chi connectivity index (χ3v) is 4.68. The Balaban J connectivity index is 2.26. The van der Waals surface area contributed by atoms with Gasteiger partial charge in [-0.1, -0.05) is 0 Å². The number of hydrogen-bond acceptors (Lipinski definition) is 4. The summed E-state index contributed by atoms with van der Waals surface area (Å²) in [5, 5.41) is 3.37. The van der Waals surface area contributed by atoms with Crippen molar-refractivity contribution in [1.29, 1.82) is 0 Å². The molecule has 0 spiro atoms.